The minimum absolute atomic E-state index is 0.0722. The lowest BCUT2D eigenvalue weighted by Gasteiger charge is -2.66. The number of phenolic OH excluding ortho intramolecular Hbond substituents is 1. The van der Waals surface area contributed by atoms with E-state index in [1.807, 2.05) is 6.07 Å². The van der Waals surface area contributed by atoms with Crippen LogP contribution < -0.4 is 11.1 Å². The second kappa shape index (κ2) is 5.21. The standard InChI is InChI=1S/C19H18N4O2/c1-21-17(25)19-9-18(10-19,11-19)7-6-12-8-14(22-23-16(12)20)13-4-2-3-5-15(13)24/h2-5,8,24H,9-11H2,1H3,(H2,20,23)(H,21,25). The molecule has 3 saturated carbocycles. The van der Waals surface area contributed by atoms with E-state index < -0.39 is 0 Å². The van der Waals surface area contributed by atoms with Gasteiger partial charge in [-0.15, -0.1) is 10.2 Å². The third-order valence-corrected chi connectivity index (χ3v) is 5.20. The maximum atomic E-state index is 11.8. The van der Waals surface area contributed by atoms with Gasteiger partial charge in [-0.2, -0.15) is 0 Å². The van der Waals surface area contributed by atoms with Crippen molar-refractivity contribution >= 4 is 11.7 Å². The Labute approximate surface area is 145 Å². The lowest BCUT2D eigenvalue weighted by atomic mass is 9.35. The number of anilines is 1. The van der Waals surface area contributed by atoms with Crippen LogP contribution in [0.4, 0.5) is 5.82 Å². The summed E-state index contributed by atoms with van der Waals surface area (Å²) in [5, 5.41) is 20.7. The molecule has 6 heteroatoms. The van der Waals surface area contributed by atoms with Crippen LogP contribution in [0.1, 0.15) is 24.8 Å². The van der Waals surface area contributed by atoms with E-state index in [4.69, 9.17) is 5.73 Å². The number of carbonyl (C=O) groups is 1. The molecule has 0 radical (unpaired) electrons. The summed E-state index contributed by atoms with van der Waals surface area (Å²) >= 11 is 0. The molecule has 126 valence electrons. The number of nitrogens with one attached hydrogen (secondary N) is 1. The fraction of sp³-hybridized carbons (Fsp3) is 0.316. The van der Waals surface area contributed by atoms with Gasteiger partial charge in [0.05, 0.1) is 16.7 Å². The molecule has 0 unspecified atom stereocenters. The third-order valence-electron chi connectivity index (χ3n) is 5.20. The molecule has 5 rings (SSSR count). The first kappa shape index (κ1) is 15.5. The van der Waals surface area contributed by atoms with Gasteiger partial charge < -0.3 is 16.2 Å². The normalized spacial score (nSPS) is 25.8. The molecule has 1 aromatic carbocycles. The van der Waals surface area contributed by atoms with Crippen molar-refractivity contribution in [3.05, 3.63) is 35.9 Å². The molecule has 1 aromatic heterocycles. The molecule has 1 amide bonds. The first-order valence-electron chi connectivity index (χ1n) is 8.14. The molecule has 0 atom stereocenters. The van der Waals surface area contributed by atoms with Gasteiger partial charge in [0.2, 0.25) is 5.91 Å². The van der Waals surface area contributed by atoms with Crippen molar-refractivity contribution in [2.75, 3.05) is 12.8 Å². The predicted octanol–water partition coefficient (Wildman–Crippen LogP) is 1.70. The van der Waals surface area contributed by atoms with E-state index in [1.54, 1.807) is 31.3 Å². The van der Waals surface area contributed by atoms with Crippen LogP contribution >= 0.6 is 0 Å². The smallest absolute Gasteiger partial charge is 0.226 e. The Bertz CT molecular complexity index is 922. The van der Waals surface area contributed by atoms with Gasteiger partial charge >= 0.3 is 0 Å². The molecule has 0 aliphatic heterocycles. The molecule has 25 heavy (non-hydrogen) atoms. The second-order valence-corrected chi connectivity index (χ2v) is 6.97. The van der Waals surface area contributed by atoms with Gasteiger partial charge in [0, 0.05) is 18.0 Å². The molecule has 6 nitrogen and oxygen atoms in total. The van der Waals surface area contributed by atoms with Crippen molar-refractivity contribution in [3.8, 4) is 28.8 Å². The Hall–Kier alpha value is -3.07. The zero-order valence-corrected chi connectivity index (χ0v) is 13.8. The van der Waals surface area contributed by atoms with Gasteiger partial charge in [0.15, 0.2) is 5.82 Å². The zero-order valence-electron chi connectivity index (χ0n) is 13.8. The van der Waals surface area contributed by atoms with Gasteiger partial charge in [-0.1, -0.05) is 24.0 Å². The average Bonchev–Trinajstić information content (AvgIpc) is 2.54. The van der Waals surface area contributed by atoms with Gasteiger partial charge in [-0.25, -0.2) is 0 Å². The first-order chi connectivity index (χ1) is 12.0. The number of amides is 1. The number of carbonyl (C=O) groups excluding carboxylic acids is 1. The quantitative estimate of drug-likeness (QED) is 0.726. The van der Waals surface area contributed by atoms with Crippen LogP contribution in [-0.4, -0.2) is 28.3 Å². The van der Waals surface area contributed by atoms with E-state index in [-0.39, 0.29) is 28.3 Å². The number of aromatic hydroxyl groups is 1. The molecule has 2 aromatic rings. The Morgan fingerprint density at radius 1 is 1.28 bits per heavy atom. The Morgan fingerprint density at radius 2 is 2.00 bits per heavy atom. The van der Waals surface area contributed by atoms with E-state index in [0.29, 0.717) is 16.8 Å². The monoisotopic (exact) mass is 334 g/mol. The van der Waals surface area contributed by atoms with E-state index >= 15 is 0 Å². The van der Waals surface area contributed by atoms with Crippen molar-refractivity contribution in [2.24, 2.45) is 10.8 Å². The van der Waals surface area contributed by atoms with Crippen LogP contribution in [0.25, 0.3) is 11.3 Å². The van der Waals surface area contributed by atoms with Gasteiger partial charge in [0.1, 0.15) is 5.75 Å². The van der Waals surface area contributed by atoms with Crippen molar-refractivity contribution in [1.29, 1.82) is 0 Å². The van der Waals surface area contributed by atoms with Crippen LogP contribution in [-0.2, 0) is 4.79 Å². The van der Waals surface area contributed by atoms with Crippen molar-refractivity contribution in [3.63, 3.8) is 0 Å². The summed E-state index contributed by atoms with van der Waals surface area (Å²) in [6, 6.07) is 8.66. The molecule has 4 N–H and O–H groups in total. The van der Waals surface area contributed by atoms with Crippen molar-refractivity contribution in [2.45, 2.75) is 19.3 Å². The lowest BCUT2D eigenvalue weighted by Crippen LogP contribution is -2.66. The Kier molecular flexibility index (Phi) is 3.22. The van der Waals surface area contributed by atoms with E-state index in [9.17, 15) is 9.90 Å². The first-order valence-corrected chi connectivity index (χ1v) is 8.14. The second-order valence-electron chi connectivity index (χ2n) is 6.97. The number of phenols is 1. The highest BCUT2D eigenvalue weighted by Crippen LogP contribution is 2.73. The fourth-order valence-corrected chi connectivity index (χ4v) is 3.95. The number of nitrogen functional groups attached to an aromatic ring is 1. The molecule has 3 aliphatic rings. The Morgan fingerprint density at radius 3 is 2.68 bits per heavy atom. The molecular weight excluding hydrogens is 316 g/mol. The van der Waals surface area contributed by atoms with Crippen molar-refractivity contribution in [1.82, 2.24) is 15.5 Å². The maximum absolute atomic E-state index is 11.8. The number of nitrogens with two attached hydrogens (primary N) is 1. The minimum atomic E-state index is -0.202. The molecule has 3 aliphatic carbocycles. The highest BCUT2D eigenvalue weighted by molar-refractivity contribution is 5.86. The van der Waals surface area contributed by atoms with Crippen LogP contribution in [0.15, 0.2) is 30.3 Å². The number of aromatic nitrogens is 2. The highest BCUT2D eigenvalue weighted by atomic mass is 16.3. The number of para-hydroxylation sites is 1. The minimum Gasteiger partial charge on any atom is -0.507 e. The topological polar surface area (TPSA) is 101 Å². The molecule has 3 fully saturated rings. The number of rotatable bonds is 2. The summed E-state index contributed by atoms with van der Waals surface area (Å²) in [5.41, 5.74) is 7.33. The number of nitrogens with zero attached hydrogens (tertiary/aromatic N) is 2. The molecular formula is C19H18N4O2. The largest absolute Gasteiger partial charge is 0.507 e. The summed E-state index contributed by atoms with van der Waals surface area (Å²) in [6.45, 7) is 0. The molecule has 2 bridgehead atoms. The number of benzene rings is 1. The maximum Gasteiger partial charge on any atom is 0.226 e. The SMILES string of the molecule is CNC(=O)C12CC(C#Cc3cc(-c4ccccc4O)nnc3N)(C1)C2. The van der Waals surface area contributed by atoms with Crippen LogP contribution in [0.3, 0.4) is 0 Å². The van der Waals surface area contributed by atoms with Crippen molar-refractivity contribution < 1.29 is 9.90 Å². The number of hydrogen-bond acceptors (Lipinski definition) is 5. The highest BCUT2D eigenvalue weighted by Gasteiger charge is 2.70. The lowest BCUT2D eigenvalue weighted by molar-refractivity contribution is -0.184. The van der Waals surface area contributed by atoms with E-state index in [1.165, 1.54) is 0 Å². The Balaban J connectivity index is 1.59. The summed E-state index contributed by atoms with van der Waals surface area (Å²) in [5.74, 6) is 6.89. The van der Waals surface area contributed by atoms with Gasteiger partial charge in [-0.05, 0) is 37.5 Å². The van der Waals surface area contributed by atoms with Gasteiger partial charge in [0.25, 0.3) is 0 Å². The van der Waals surface area contributed by atoms with Gasteiger partial charge in [-0.3, -0.25) is 4.79 Å². The van der Waals surface area contributed by atoms with Crippen LogP contribution in [0, 0.1) is 22.7 Å². The summed E-state index contributed by atoms with van der Waals surface area (Å²) in [6.07, 6.45) is 2.41. The van der Waals surface area contributed by atoms with E-state index in [0.717, 1.165) is 19.3 Å². The molecule has 0 spiro atoms. The third kappa shape index (κ3) is 2.31. The molecule has 0 saturated heterocycles. The average molecular weight is 334 g/mol. The molecule has 1 heterocycles. The summed E-state index contributed by atoms with van der Waals surface area (Å²) in [4.78, 5) is 11.8. The summed E-state index contributed by atoms with van der Waals surface area (Å²) in [7, 11) is 1.67. The van der Waals surface area contributed by atoms with Crippen LogP contribution in [0.2, 0.25) is 0 Å². The van der Waals surface area contributed by atoms with E-state index in [2.05, 4.69) is 27.4 Å². The summed E-state index contributed by atoms with van der Waals surface area (Å²) < 4.78 is 0. The number of hydrogen-bond donors (Lipinski definition) is 3. The predicted molar refractivity (Wildman–Crippen MR) is 93.2 cm³/mol. The zero-order chi connectivity index (χ0) is 17.7. The fourth-order valence-electron chi connectivity index (χ4n) is 3.95. The van der Waals surface area contributed by atoms with Crippen LogP contribution in [0.5, 0.6) is 5.75 Å².